The Morgan fingerprint density at radius 1 is 1.39 bits per heavy atom. The van der Waals surface area contributed by atoms with Gasteiger partial charge < -0.3 is 5.32 Å². The molecule has 0 heterocycles. The predicted molar refractivity (Wildman–Crippen MR) is 72.5 cm³/mol. The lowest BCUT2D eigenvalue weighted by Gasteiger charge is -2.16. The first-order valence-corrected chi connectivity index (χ1v) is 6.45. The van der Waals surface area contributed by atoms with E-state index in [1.807, 2.05) is 0 Å². The number of benzene rings is 1. The number of rotatable bonds is 6. The molecular weight excluding hydrogens is 253 g/mol. The Bertz CT molecular complexity index is 420. The van der Waals surface area contributed by atoms with Crippen molar-refractivity contribution >= 4 is 17.4 Å². The van der Waals surface area contributed by atoms with Crippen LogP contribution in [0.1, 0.15) is 32.3 Å². The predicted octanol–water partition coefficient (Wildman–Crippen LogP) is 3.40. The minimum atomic E-state index is -0.482. The van der Waals surface area contributed by atoms with Gasteiger partial charge in [0.1, 0.15) is 11.6 Å². The van der Waals surface area contributed by atoms with Gasteiger partial charge in [0.15, 0.2) is 0 Å². The fourth-order valence-corrected chi connectivity index (χ4v) is 1.86. The molecule has 0 bridgehead atoms. The van der Waals surface area contributed by atoms with E-state index >= 15 is 0 Å². The molecule has 1 aromatic carbocycles. The van der Waals surface area contributed by atoms with Crippen molar-refractivity contribution in [3.05, 3.63) is 34.6 Å². The molecule has 1 N–H and O–H groups in total. The van der Waals surface area contributed by atoms with Crippen LogP contribution in [0.4, 0.5) is 4.39 Å². The molecule has 0 spiro atoms. The van der Waals surface area contributed by atoms with E-state index in [2.05, 4.69) is 19.2 Å². The van der Waals surface area contributed by atoms with Gasteiger partial charge in [-0.1, -0.05) is 31.5 Å². The average molecular weight is 272 g/mol. The normalized spacial score (nSPS) is 12.8. The van der Waals surface area contributed by atoms with Gasteiger partial charge in [0.25, 0.3) is 0 Å². The highest BCUT2D eigenvalue weighted by molar-refractivity contribution is 6.30. The van der Waals surface area contributed by atoms with E-state index in [0.29, 0.717) is 18.0 Å². The van der Waals surface area contributed by atoms with Gasteiger partial charge in [-0.15, -0.1) is 0 Å². The van der Waals surface area contributed by atoms with Crippen molar-refractivity contribution in [3.63, 3.8) is 0 Å². The van der Waals surface area contributed by atoms with Crippen LogP contribution < -0.4 is 5.32 Å². The van der Waals surface area contributed by atoms with Crippen molar-refractivity contribution < 1.29 is 9.18 Å². The van der Waals surface area contributed by atoms with Crippen LogP contribution in [0, 0.1) is 11.7 Å². The van der Waals surface area contributed by atoms with Gasteiger partial charge in [-0.2, -0.15) is 0 Å². The van der Waals surface area contributed by atoms with Crippen LogP contribution in [0.25, 0.3) is 0 Å². The number of ketones is 1. The molecule has 0 radical (unpaired) electrons. The molecule has 0 aliphatic carbocycles. The lowest BCUT2D eigenvalue weighted by atomic mass is 9.95. The maximum absolute atomic E-state index is 13.4. The van der Waals surface area contributed by atoms with Gasteiger partial charge in [-0.3, -0.25) is 4.79 Å². The molecule has 1 aromatic rings. The number of halogens is 2. The number of carbonyl (C=O) groups is 1. The second-order valence-corrected chi connectivity index (χ2v) is 5.30. The van der Waals surface area contributed by atoms with E-state index < -0.39 is 5.82 Å². The number of carbonyl (C=O) groups excluding carboxylic acids is 1. The third kappa shape index (κ3) is 4.39. The monoisotopic (exact) mass is 271 g/mol. The summed E-state index contributed by atoms with van der Waals surface area (Å²) < 4.78 is 13.4. The Hall–Kier alpha value is -0.930. The summed E-state index contributed by atoms with van der Waals surface area (Å²) in [5.41, 5.74) is 0.667. The number of hydrogen-bond donors (Lipinski definition) is 1. The first kappa shape index (κ1) is 15.1. The van der Waals surface area contributed by atoms with Crippen molar-refractivity contribution in [2.75, 3.05) is 13.1 Å². The summed E-state index contributed by atoms with van der Waals surface area (Å²) in [5.74, 6) is -0.271. The fourth-order valence-electron chi connectivity index (χ4n) is 1.74. The standard InChI is InChI=1S/C14H19ClFNO/c1-9(2)7-17-8-12(10(3)18)11-4-5-13(15)14(16)6-11/h4-6,9,12,17H,7-8H2,1-3H3. The molecule has 4 heteroatoms. The minimum Gasteiger partial charge on any atom is -0.315 e. The van der Waals surface area contributed by atoms with Crippen LogP contribution in [0.2, 0.25) is 5.02 Å². The van der Waals surface area contributed by atoms with Gasteiger partial charge in [0, 0.05) is 6.54 Å². The molecule has 1 unspecified atom stereocenters. The summed E-state index contributed by atoms with van der Waals surface area (Å²) in [7, 11) is 0. The van der Waals surface area contributed by atoms with E-state index in [1.165, 1.54) is 19.1 Å². The molecule has 0 aliphatic rings. The molecule has 0 saturated carbocycles. The van der Waals surface area contributed by atoms with Crippen LogP contribution in [0.3, 0.4) is 0 Å². The maximum atomic E-state index is 13.4. The summed E-state index contributed by atoms with van der Waals surface area (Å²) >= 11 is 5.64. The Kier molecular flexibility index (Phi) is 5.76. The van der Waals surface area contributed by atoms with Gasteiger partial charge >= 0.3 is 0 Å². The number of nitrogens with one attached hydrogen (secondary N) is 1. The van der Waals surface area contributed by atoms with Gasteiger partial charge in [-0.05, 0) is 37.1 Å². The van der Waals surface area contributed by atoms with Crippen LogP contribution in [0.15, 0.2) is 18.2 Å². The third-order valence-corrected chi connectivity index (χ3v) is 3.04. The molecule has 18 heavy (non-hydrogen) atoms. The molecule has 0 aliphatic heterocycles. The number of hydrogen-bond acceptors (Lipinski definition) is 2. The Labute approximate surface area is 113 Å². The molecular formula is C14H19ClFNO. The van der Waals surface area contributed by atoms with Crippen molar-refractivity contribution in [2.24, 2.45) is 5.92 Å². The molecule has 100 valence electrons. The van der Waals surface area contributed by atoms with E-state index in [1.54, 1.807) is 6.07 Å². The van der Waals surface area contributed by atoms with Gasteiger partial charge in [0.05, 0.1) is 10.9 Å². The highest BCUT2D eigenvalue weighted by Gasteiger charge is 2.17. The second-order valence-electron chi connectivity index (χ2n) is 4.89. The van der Waals surface area contributed by atoms with E-state index in [4.69, 9.17) is 11.6 Å². The Morgan fingerprint density at radius 2 is 2.06 bits per heavy atom. The highest BCUT2D eigenvalue weighted by atomic mass is 35.5. The fraction of sp³-hybridized carbons (Fsp3) is 0.500. The SMILES string of the molecule is CC(=O)C(CNCC(C)C)c1ccc(Cl)c(F)c1. The Morgan fingerprint density at radius 3 is 2.56 bits per heavy atom. The van der Waals surface area contributed by atoms with Crippen molar-refractivity contribution in [1.82, 2.24) is 5.32 Å². The third-order valence-electron chi connectivity index (χ3n) is 2.74. The van der Waals surface area contributed by atoms with Crippen LogP contribution in [-0.2, 0) is 4.79 Å². The summed E-state index contributed by atoms with van der Waals surface area (Å²) in [6.45, 7) is 7.07. The smallest absolute Gasteiger partial charge is 0.142 e. The zero-order chi connectivity index (χ0) is 13.7. The molecule has 1 atom stereocenters. The van der Waals surface area contributed by atoms with Crippen molar-refractivity contribution in [3.8, 4) is 0 Å². The molecule has 0 fully saturated rings. The summed E-state index contributed by atoms with van der Waals surface area (Å²) in [6.07, 6.45) is 0. The first-order valence-electron chi connectivity index (χ1n) is 6.08. The quantitative estimate of drug-likeness (QED) is 0.859. The van der Waals surface area contributed by atoms with E-state index in [-0.39, 0.29) is 16.7 Å². The summed E-state index contributed by atoms with van der Waals surface area (Å²) in [5, 5.41) is 3.30. The topological polar surface area (TPSA) is 29.1 Å². The van der Waals surface area contributed by atoms with Crippen molar-refractivity contribution in [2.45, 2.75) is 26.7 Å². The average Bonchev–Trinajstić information content (AvgIpc) is 2.27. The maximum Gasteiger partial charge on any atom is 0.142 e. The van der Waals surface area contributed by atoms with Gasteiger partial charge in [0.2, 0.25) is 0 Å². The first-order chi connectivity index (χ1) is 8.41. The van der Waals surface area contributed by atoms with E-state index in [0.717, 1.165) is 6.54 Å². The minimum absolute atomic E-state index is 0.0213. The molecule has 0 saturated heterocycles. The zero-order valence-corrected chi connectivity index (χ0v) is 11.7. The second kappa shape index (κ2) is 6.86. The summed E-state index contributed by atoms with van der Waals surface area (Å²) in [6, 6.07) is 4.53. The number of Topliss-reactive ketones (excluding diaryl/α,β-unsaturated/α-hetero) is 1. The Balaban J connectivity index is 2.78. The zero-order valence-electron chi connectivity index (χ0n) is 11.0. The van der Waals surface area contributed by atoms with Crippen LogP contribution >= 0.6 is 11.6 Å². The summed E-state index contributed by atoms with van der Waals surface area (Å²) in [4.78, 5) is 11.6. The molecule has 0 aromatic heterocycles. The van der Waals surface area contributed by atoms with Crippen LogP contribution in [0.5, 0.6) is 0 Å². The van der Waals surface area contributed by atoms with E-state index in [9.17, 15) is 9.18 Å². The molecule has 0 amide bonds. The lowest BCUT2D eigenvalue weighted by molar-refractivity contribution is -0.118. The van der Waals surface area contributed by atoms with Crippen molar-refractivity contribution in [1.29, 1.82) is 0 Å². The molecule has 1 rings (SSSR count). The van der Waals surface area contributed by atoms with Gasteiger partial charge in [-0.25, -0.2) is 4.39 Å². The largest absolute Gasteiger partial charge is 0.315 e. The molecule has 2 nitrogen and oxygen atoms in total. The van der Waals surface area contributed by atoms with Crippen LogP contribution in [-0.4, -0.2) is 18.9 Å². The highest BCUT2D eigenvalue weighted by Crippen LogP contribution is 2.22. The lowest BCUT2D eigenvalue weighted by Crippen LogP contribution is -2.28.